The van der Waals surface area contributed by atoms with Crippen LogP contribution in [0.3, 0.4) is 0 Å². The SMILES string of the molecule is CO[C@](C(=O)N1CCCC[C@H]1[C@H](O)c1cc(C(F)(F)F)nc2c(C(F)(F)F)cccc12)(c1ccccc1)C(F)(F)F. The van der Waals surface area contributed by atoms with Crippen LogP contribution in [0.4, 0.5) is 39.5 Å². The van der Waals surface area contributed by atoms with Gasteiger partial charge in [-0.1, -0.05) is 42.5 Å². The number of aliphatic hydroxyl groups is 1. The molecule has 1 aliphatic heterocycles. The van der Waals surface area contributed by atoms with E-state index in [1.54, 1.807) is 0 Å². The summed E-state index contributed by atoms with van der Waals surface area (Å²) >= 11 is 0. The maximum Gasteiger partial charge on any atom is 0.433 e. The zero-order chi connectivity index (χ0) is 30.4. The monoisotopic (exact) mass is 594 g/mol. The van der Waals surface area contributed by atoms with Crippen molar-refractivity contribution in [3.63, 3.8) is 0 Å². The Balaban J connectivity index is 1.89. The third kappa shape index (κ3) is 5.46. The highest BCUT2D eigenvalue weighted by Gasteiger charge is 2.64. The summed E-state index contributed by atoms with van der Waals surface area (Å²) < 4.78 is 131. The summed E-state index contributed by atoms with van der Waals surface area (Å²) in [6.45, 7) is -0.322. The Morgan fingerprint density at radius 1 is 0.951 bits per heavy atom. The Labute approximate surface area is 227 Å². The van der Waals surface area contributed by atoms with Crippen LogP contribution in [0.15, 0.2) is 54.6 Å². The number of alkyl halides is 9. The number of aliphatic hydroxyl groups excluding tert-OH is 1. The molecule has 2 aromatic carbocycles. The molecule has 0 saturated carbocycles. The lowest BCUT2D eigenvalue weighted by Crippen LogP contribution is -2.60. The van der Waals surface area contributed by atoms with Gasteiger partial charge in [-0.2, -0.15) is 39.5 Å². The predicted octanol–water partition coefficient (Wildman–Crippen LogP) is 6.79. The molecule has 1 aromatic heterocycles. The van der Waals surface area contributed by atoms with Gasteiger partial charge in [0.25, 0.3) is 11.5 Å². The highest BCUT2D eigenvalue weighted by atomic mass is 19.4. The molecule has 0 spiro atoms. The highest BCUT2D eigenvalue weighted by molar-refractivity contribution is 5.89. The van der Waals surface area contributed by atoms with E-state index in [9.17, 15) is 49.4 Å². The number of rotatable bonds is 5. The third-order valence-corrected chi connectivity index (χ3v) is 7.15. The molecular formula is C27H23F9N2O3. The molecule has 5 nitrogen and oxygen atoms in total. The average molecular weight is 594 g/mol. The van der Waals surface area contributed by atoms with E-state index in [0.29, 0.717) is 24.1 Å². The number of hydrogen-bond acceptors (Lipinski definition) is 4. The van der Waals surface area contributed by atoms with Gasteiger partial charge in [0.05, 0.1) is 17.1 Å². The largest absolute Gasteiger partial charge is 0.433 e. The van der Waals surface area contributed by atoms with Gasteiger partial charge in [0.2, 0.25) is 0 Å². The number of benzene rings is 2. The van der Waals surface area contributed by atoms with Gasteiger partial charge < -0.3 is 14.7 Å². The standard InChI is InChI=1S/C27H23F9N2O3/c1-41-24(27(34,35)36,15-8-3-2-4-9-15)23(40)38-13-6-5-12-19(38)22(39)17-14-20(26(31,32)33)37-21-16(17)10-7-11-18(21)25(28,29)30/h2-4,7-11,14,19,22,39H,5-6,12-13H2,1H3/t19-,22+,24-/m0/s1. The number of hydrogen-bond donors (Lipinski definition) is 1. The number of methoxy groups -OCH3 is 1. The van der Waals surface area contributed by atoms with Crippen molar-refractivity contribution in [1.29, 1.82) is 0 Å². The van der Waals surface area contributed by atoms with Crippen molar-refractivity contribution >= 4 is 16.8 Å². The summed E-state index contributed by atoms with van der Waals surface area (Å²) in [5, 5.41) is 10.9. The first-order valence-electron chi connectivity index (χ1n) is 12.3. The Hall–Kier alpha value is -3.39. The van der Waals surface area contributed by atoms with Gasteiger partial charge in [0, 0.05) is 24.6 Å². The molecule has 2 heterocycles. The minimum absolute atomic E-state index is 0.149. The molecule has 3 aromatic rings. The Bertz CT molecular complexity index is 1410. The fourth-order valence-electron chi connectivity index (χ4n) is 5.24. The van der Waals surface area contributed by atoms with Crippen LogP contribution in [0.2, 0.25) is 0 Å². The summed E-state index contributed by atoms with van der Waals surface area (Å²) in [6, 6.07) is 7.25. The maximum absolute atomic E-state index is 14.6. The fraction of sp³-hybridized carbons (Fsp3) is 0.407. The zero-order valence-electron chi connectivity index (χ0n) is 21.2. The Kier molecular flexibility index (Phi) is 8.04. The van der Waals surface area contributed by atoms with Crippen LogP contribution in [0.5, 0.6) is 0 Å². The number of halogens is 9. The number of pyridine rings is 1. The van der Waals surface area contributed by atoms with Crippen molar-refractivity contribution in [2.24, 2.45) is 0 Å². The summed E-state index contributed by atoms with van der Waals surface area (Å²) in [4.78, 5) is 17.6. The number of likely N-dealkylation sites (tertiary alicyclic amines) is 1. The van der Waals surface area contributed by atoms with Crippen LogP contribution in [0, 0.1) is 0 Å². The quantitative estimate of drug-likeness (QED) is 0.331. The fourth-order valence-corrected chi connectivity index (χ4v) is 5.24. The minimum atomic E-state index is -5.30. The van der Waals surface area contributed by atoms with E-state index in [1.165, 1.54) is 18.2 Å². The van der Waals surface area contributed by atoms with Gasteiger partial charge in [-0.3, -0.25) is 4.79 Å². The van der Waals surface area contributed by atoms with Crippen LogP contribution >= 0.6 is 0 Å². The number of ether oxygens (including phenoxy) is 1. The van der Waals surface area contributed by atoms with Crippen LogP contribution in [0.25, 0.3) is 10.9 Å². The second kappa shape index (κ2) is 10.8. The van der Waals surface area contributed by atoms with E-state index in [1.807, 2.05) is 0 Å². The van der Waals surface area contributed by atoms with Crippen molar-refractivity contribution in [3.05, 3.63) is 77.0 Å². The van der Waals surface area contributed by atoms with Gasteiger partial charge in [-0.25, -0.2) is 4.98 Å². The van der Waals surface area contributed by atoms with E-state index in [-0.39, 0.29) is 25.8 Å². The topological polar surface area (TPSA) is 62.7 Å². The number of fused-ring (bicyclic) bond motifs is 1. The maximum atomic E-state index is 14.6. The second-order valence-corrected chi connectivity index (χ2v) is 9.55. The zero-order valence-corrected chi connectivity index (χ0v) is 21.2. The number of piperidine rings is 1. The molecular weight excluding hydrogens is 571 g/mol. The van der Waals surface area contributed by atoms with E-state index in [0.717, 1.165) is 24.3 Å². The second-order valence-electron chi connectivity index (χ2n) is 9.55. The first-order chi connectivity index (χ1) is 19.0. The Morgan fingerprint density at radius 2 is 1.61 bits per heavy atom. The molecule has 222 valence electrons. The molecule has 3 atom stereocenters. The molecule has 0 radical (unpaired) electrons. The molecule has 1 fully saturated rings. The number of carbonyl (C=O) groups is 1. The van der Waals surface area contributed by atoms with Crippen molar-refractivity contribution in [1.82, 2.24) is 9.88 Å². The van der Waals surface area contributed by atoms with Crippen molar-refractivity contribution in [3.8, 4) is 0 Å². The number of amides is 1. The van der Waals surface area contributed by atoms with Gasteiger partial charge >= 0.3 is 18.5 Å². The summed E-state index contributed by atoms with van der Waals surface area (Å²) in [5.74, 6) is -1.62. The van der Waals surface area contributed by atoms with E-state index in [2.05, 4.69) is 4.98 Å². The number of carbonyl (C=O) groups excluding carboxylic acids is 1. The number of para-hydroxylation sites is 1. The summed E-state index contributed by atoms with van der Waals surface area (Å²) in [6.07, 6.45) is -17.4. The molecule has 0 bridgehead atoms. The van der Waals surface area contributed by atoms with Crippen LogP contribution < -0.4 is 0 Å². The van der Waals surface area contributed by atoms with E-state index >= 15 is 0 Å². The number of aromatic nitrogens is 1. The lowest BCUT2D eigenvalue weighted by molar-refractivity contribution is -0.272. The van der Waals surface area contributed by atoms with Gasteiger partial charge in [0.15, 0.2) is 0 Å². The molecule has 1 amide bonds. The molecule has 14 heteroatoms. The van der Waals surface area contributed by atoms with Gasteiger partial charge in [0.1, 0.15) is 11.8 Å². The lowest BCUT2D eigenvalue weighted by Gasteiger charge is -2.44. The molecule has 0 aliphatic carbocycles. The van der Waals surface area contributed by atoms with Crippen molar-refractivity contribution < 1.29 is 54.2 Å². The molecule has 4 rings (SSSR count). The van der Waals surface area contributed by atoms with Gasteiger partial charge in [-0.05, 0) is 37.0 Å². The molecule has 41 heavy (non-hydrogen) atoms. The molecule has 1 saturated heterocycles. The van der Waals surface area contributed by atoms with E-state index in [4.69, 9.17) is 4.74 Å². The first-order valence-corrected chi connectivity index (χ1v) is 12.3. The Morgan fingerprint density at radius 3 is 2.17 bits per heavy atom. The van der Waals surface area contributed by atoms with Crippen LogP contribution in [-0.4, -0.2) is 46.8 Å². The minimum Gasteiger partial charge on any atom is -0.386 e. The highest BCUT2D eigenvalue weighted by Crippen LogP contribution is 2.46. The third-order valence-electron chi connectivity index (χ3n) is 7.15. The predicted molar refractivity (Wildman–Crippen MR) is 127 cm³/mol. The van der Waals surface area contributed by atoms with Crippen LogP contribution in [-0.2, 0) is 27.5 Å². The summed E-state index contributed by atoms with van der Waals surface area (Å²) in [7, 11) is 0.679. The number of nitrogens with zero attached hydrogens (tertiary/aromatic N) is 2. The average Bonchev–Trinajstić information content (AvgIpc) is 2.91. The first kappa shape index (κ1) is 30.6. The molecule has 1 aliphatic rings. The molecule has 1 N–H and O–H groups in total. The smallest absolute Gasteiger partial charge is 0.386 e. The lowest BCUT2D eigenvalue weighted by atomic mass is 9.86. The van der Waals surface area contributed by atoms with Crippen molar-refractivity contribution in [2.75, 3.05) is 13.7 Å². The normalized spacial score (nSPS) is 19.2. The van der Waals surface area contributed by atoms with Crippen molar-refractivity contribution in [2.45, 2.75) is 55.5 Å². The summed E-state index contributed by atoms with van der Waals surface area (Å²) in [5.41, 5.74) is -9.08. The van der Waals surface area contributed by atoms with E-state index < -0.39 is 75.5 Å². The van der Waals surface area contributed by atoms with Crippen LogP contribution in [0.1, 0.15) is 47.8 Å². The molecule has 0 unspecified atom stereocenters. The van der Waals surface area contributed by atoms with Gasteiger partial charge in [-0.15, -0.1) is 0 Å².